The summed E-state index contributed by atoms with van der Waals surface area (Å²) in [7, 11) is 0. The van der Waals surface area contributed by atoms with Gasteiger partial charge in [-0.25, -0.2) is 0 Å². The monoisotopic (exact) mass is 241 g/mol. The van der Waals surface area contributed by atoms with Crippen LogP contribution < -0.4 is 5.32 Å². The van der Waals surface area contributed by atoms with Crippen LogP contribution in [0.3, 0.4) is 0 Å². The van der Waals surface area contributed by atoms with Gasteiger partial charge in [0.1, 0.15) is 0 Å². The zero-order valence-electron chi connectivity index (χ0n) is 8.39. The Morgan fingerprint density at radius 2 is 1.93 bits per heavy atom. The Morgan fingerprint density at radius 1 is 1.13 bits per heavy atom. The molecule has 1 aromatic rings. The Morgan fingerprint density at radius 3 is 2.67 bits per heavy atom. The zero-order chi connectivity index (χ0) is 10.4. The molecule has 0 bridgehead atoms. The van der Waals surface area contributed by atoms with Gasteiger partial charge in [0.15, 0.2) is 0 Å². The van der Waals surface area contributed by atoms with Crippen molar-refractivity contribution >= 4 is 23.2 Å². The van der Waals surface area contributed by atoms with Gasteiger partial charge >= 0.3 is 0 Å². The highest BCUT2D eigenvalue weighted by Crippen LogP contribution is 2.39. The number of hydrogen-bond donors (Lipinski definition) is 1. The average Bonchev–Trinajstić information content (AvgIpc) is 2.89. The molecular weight excluding hydrogens is 229 g/mol. The number of fused-ring (bicyclic) bond motifs is 1. The van der Waals surface area contributed by atoms with Crippen LogP contribution in [0.4, 0.5) is 0 Å². The molecule has 80 valence electrons. The predicted molar refractivity (Wildman–Crippen MR) is 63.7 cm³/mol. The fourth-order valence-electron chi connectivity index (χ4n) is 2.35. The van der Waals surface area contributed by atoms with Crippen LogP contribution in [0.5, 0.6) is 0 Å². The van der Waals surface area contributed by atoms with E-state index in [0.29, 0.717) is 6.04 Å². The molecule has 1 unspecified atom stereocenters. The summed E-state index contributed by atoms with van der Waals surface area (Å²) in [6.45, 7) is 0. The maximum Gasteiger partial charge on any atom is 0.0456 e. The summed E-state index contributed by atoms with van der Waals surface area (Å²) in [5, 5.41) is 5.23. The van der Waals surface area contributed by atoms with Crippen LogP contribution >= 0.6 is 23.2 Å². The summed E-state index contributed by atoms with van der Waals surface area (Å²) in [5.74, 6) is 0. The van der Waals surface area contributed by atoms with Gasteiger partial charge in [-0.05, 0) is 48.9 Å². The van der Waals surface area contributed by atoms with Gasteiger partial charge in [-0.1, -0.05) is 23.2 Å². The van der Waals surface area contributed by atoms with Gasteiger partial charge in [-0.15, -0.1) is 0 Å². The molecule has 0 amide bonds. The fraction of sp³-hybridized carbons (Fsp3) is 0.500. The molecule has 1 saturated carbocycles. The Balaban J connectivity index is 1.93. The third-order valence-electron chi connectivity index (χ3n) is 3.27. The predicted octanol–water partition coefficient (Wildman–Crippen LogP) is 3.73. The quantitative estimate of drug-likeness (QED) is 0.833. The van der Waals surface area contributed by atoms with Crippen molar-refractivity contribution in [3.05, 3.63) is 33.3 Å². The number of benzene rings is 1. The molecule has 0 aromatic heterocycles. The van der Waals surface area contributed by atoms with Crippen molar-refractivity contribution < 1.29 is 0 Å². The van der Waals surface area contributed by atoms with Crippen molar-refractivity contribution in [2.24, 2.45) is 0 Å². The molecule has 1 fully saturated rings. The second kappa shape index (κ2) is 3.65. The first kappa shape index (κ1) is 9.95. The van der Waals surface area contributed by atoms with Gasteiger partial charge in [0, 0.05) is 22.1 Å². The molecule has 1 atom stereocenters. The van der Waals surface area contributed by atoms with Gasteiger partial charge in [-0.2, -0.15) is 0 Å². The van der Waals surface area contributed by atoms with E-state index < -0.39 is 0 Å². The van der Waals surface area contributed by atoms with Gasteiger partial charge in [0.05, 0.1) is 0 Å². The van der Waals surface area contributed by atoms with Crippen molar-refractivity contribution in [2.45, 2.75) is 37.8 Å². The molecule has 0 heterocycles. The normalized spacial score (nSPS) is 24.3. The van der Waals surface area contributed by atoms with E-state index in [2.05, 4.69) is 11.4 Å². The maximum atomic E-state index is 6.18. The summed E-state index contributed by atoms with van der Waals surface area (Å²) in [5.41, 5.74) is 2.61. The molecule has 15 heavy (non-hydrogen) atoms. The molecule has 0 spiro atoms. The van der Waals surface area contributed by atoms with E-state index in [-0.39, 0.29) is 0 Å². The molecule has 1 aromatic carbocycles. The van der Waals surface area contributed by atoms with Gasteiger partial charge in [-0.3, -0.25) is 0 Å². The first-order chi connectivity index (χ1) is 7.24. The van der Waals surface area contributed by atoms with E-state index in [4.69, 9.17) is 23.2 Å². The average molecular weight is 242 g/mol. The van der Waals surface area contributed by atoms with Crippen LogP contribution in [0.25, 0.3) is 0 Å². The SMILES string of the molecule is Clc1cc(Cl)c2c(c1)C(NC1CC1)CC2. The van der Waals surface area contributed by atoms with Crippen molar-refractivity contribution in [3.8, 4) is 0 Å². The van der Waals surface area contributed by atoms with Crippen molar-refractivity contribution in [3.63, 3.8) is 0 Å². The summed E-state index contributed by atoms with van der Waals surface area (Å²) >= 11 is 12.2. The van der Waals surface area contributed by atoms with Crippen molar-refractivity contribution in [1.29, 1.82) is 0 Å². The number of halogens is 2. The lowest BCUT2D eigenvalue weighted by Crippen LogP contribution is -2.21. The Hall–Kier alpha value is -0.240. The van der Waals surface area contributed by atoms with E-state index in [1.54, 1.807) is 0 Å². The van der Waals surface area contributed by atoms with Crippen LogP contribution in [-0.2, 0) is 6.42 Å². The standard InChI is InChI=1S/C12H13Cl2N/c13-7-5-10-9(11(14)6-7)3-4-12(10)15-8-1-2-8/h5-6,8,12,15H,1-4H2. The largest absolute Gasteiger partial charge is 0.307 e. The maximum absolute atomic E-state index is 6.18. The molecule has 1 N–H and O–H groups in total. The minimum absolute atomic E-state index is 0.476. The molecule has 3 heteroatoms. The minimum atomic E-state index is 0.476. The molecule has 3 rings (SSSR count). The Bertz CT molecular complexity index is 399. The second-order valence-corrected chi connectivity index (χ2v) is 5.33. The molecule has 0 aliphatic heterocycles. The summed E-state index contributed by atoms with van der Waals surface area (Å²) in [6.07, 6.45) is 4.88. The first-order valence-corrected chi connectivity index (χ1v) is 6.23. The van der Waals surface area contributed by atoms with Crippen LogP contribution in [-0.4, -0.2) is 6.04 Å². The molecule has 0 saturated heterocycles. The van der Waals surface area contributed by atoms with E-state index >= 15 is 0 Å². The Kier molecular flexibility index (Phi) is 2.42. The lowest BCUT2D eigenvalue weighted by Gasteiger charge is -2.13. The summed E-state index contributed by atoms with van der Waals surface area (Å²) in [4.78, 5) is 0. The van der Waals surface area contributed by atoms with E-state index in [9.17, 15) is 0 Å². The third-order valence-corrected chi connectivity index (χ3v) is 3.82. The Labute approximate surface area is 99.8 Å². The third kappa shape index (κ3) is 1.89. The van der Waals surface area contributed by atoms with Gasteiger partial charge in [0.25, 0.3) is 0 Å². The van der Waals surface area contributed by atoms with Crippen LogP contribution in [0.2, 0.25) is 10.0 Å². The highest BCUT2D eigenvalue weighted by Gasteiger charge is 2.30. The van der Waals surface area contributed by atoms with Gasteiger partial charge in [0.2, 0.25) is 0 Å². The smallest absolute Gasteiger partial charge is 0.0456 e. The molecule has 0 radical (unpaired) electrons. The molecular formula is C12H13Cl2N. The second-order valence-electron chi connectivity index (χ2n) is 4.49. The van der Waals surface area contributed by atoms with Gasteiger partial charge < -0.3 is 5.32 Å². The molecule has 2 aliphatic carbocycles. The lowest BCUT2D eigenvalue weighted by molar-refractivity contribution is 0.527. The van der Waals surface area contributed by atoms with E-state index in [0.717, 1.165) is 28.9 Å². The van der Waals surface area contributed by atoms with E-state index in [1.807, 2.05) is 6.07 Å². The van der Waals surface area contributed by atoms with Crippen molar-refractivity contribution in [2.75, 3.05) is 0 Å². The van der Waals surface area contributed by atoms with Crippen LogP contribution in [0.15, 0.2) is 12.1 Å². The summed E-state index contributed by atoms with van der Waals surface area (Å²) < 4.78 is 0. The zero-order valence-corrected chi connectivity index (χ0v) is 9.91. The first-order valence-electron chi connectivity index (χ1n) is 5.48. The number of hydrogen-bond acceptors (Lipinski definition) is 1. The minimum Gasteiger partial charge on any atom is -0.307 e. The molecule has 1 nitrogen and oxygen atoms in total. The summed E-state index contributed by atoms with van der Waals surface area (Å²) in [6, 6.07) is 5.12. The molecule has 2 aliphatic rings. The fourth-order valence-corrected chi connectivity index (χ4v) is 2.95. The topological polar surface area (TPSA) is 12.0 Å². The number of nitrogens with one attached hydrogen (secondary N) is 1. The van der Waals surface area contributed by atoms with E-state index in [1.165, 1.54) is 24.0 Å². The highest BCUT2D eigenvalue weighted by molar-refractivity contribution is 6.35. The van der Waals surface area contributed by atoms with Crippen LogP contribution in [0, 0.1) is 0 Å². The number of rotatable bonds is 2. The van der Waals surface area contributed by atoms with Crippen LogP contribution in [0.1, 0.15) is 36.4 Å². The highest BCUT2D eigenvalue weighted by atomic mass is 35.5. The van der Waals surface area contributed by atoms with Crippen molar-refractivity contribution in [1.82, 2.24) is 5.32 Å². The lowest BCUT2D eigenvalue weighted by atomic mass is 10.1.